The fraction of sp³-hybridized carbons (Fsp3) is 0.826. The third-order valence-electron chi connectivity index (χ3n) is 6.66. The number of carboxylic acid groups (broad SMARTS) is 1. The second kappa shape index (κ2) is 11.0. The van der Waals surface area contributed by atoms with E-state index in [2.05, 4.69) is 15.1 Å². The maximum atomic E-state index is 12.8. The monoisotopic (exact) mass is 466 g/mol. The van der Waals surface area contributed by atoms with Crippen molar-refractivity contribution < 1.29 is 29.0 Å². The Balaban J connectivity index is 1.65. The second-order valence-corrected chi connectivity index (χ2v) is 10.0. The van der Waals surface area contributed by atoms with E-state index in [4.69, 9.17) is 14.6 Å². The lowest BCUT2D eigenvalue weighted by atomic mass is 9.97. The highest BCUT2D eigenvalue weighted by Gasteiger charge is 2.43. The summed E-state index contributed by atoms with van der Waals surface area (Å²) in [5.74, 6) is 0.200. The maximum Gasteiger partial charge on any atom is 0.411 e. The van der Waals surface area contributed by atoms with Crippen LogP contribution in [0.25, 0.3) is 0 Å². The van der Waals surface area contributed by atoms with Gasteiger partial charge in [-0.05, 0) is 53.1 Å². The minimum absolute atomic E-state index is 0.0252. The van der Waals surface area contributed by atoms with E-state index in [-0.39, 0.29) is 24.4 Å². The summed E-state index contributed by atoms with van der Waals surface area (Å²) in [6.45, 7) is 10.7. The van der Waals surface area contributed by atoms with Crippen LogP contribution in [0.3, 0.4) is 0 Å². The van der Waals surface area contributed by atoms with Gasteiger partial charge in [0.05, 0.1) is 12.8 Å². The molecule has 0 aromatic carbocycles. The highest BCUT2D eigenvalue weighted by molar-refractivity contribution is 5.95. The summed E-state index contributed by atoms with van der Waals surface area (Å²) in [6, 6.07) is 0. The highest BCUT2D eigenvalue weighted by Crippen LogP contribution is 2.31. The molecule has 3 aliphatic rings. The van der Waals surface area contributed by atoms with Gasteiger partial charge in [0.25, 0.3) is 0 Å². The largest absolute Gasteiger partial charge is 0.477 e. The van der Waals surface area contributed by atoms with Crippen molar-refractivity contribution in [1.29, 1.82) is 0 Å². The number of likely N-dealkylation sites (tertiary alicyclic amines) is 1. The maximum absolute atomic E-state index is 12.8. The van der Waals surface area contributed by atoms with Gasteiger partial charge in [0.1, 0.15) is 22.8 Å². The molecule has 0 spiro atoms. The fourth-order valence-electron chi connectivity index (χ4n) is 4.97. The minimum atomic E-state index is -1.29. The van der Waals surface area contributed by atoms with E-state index in [0.717, 1.165) is 58.5 Å². The molecule has 10 nitrogen and oxygen atoms in total. The topological polar surface area (TPSA) is 112 Å². The molecule has 3 aliphatic heterocycles. The summed E-state index contributed by atoms with van der Waals surface area (Å²) in [5.41, 5.74) is -1.52. The molecule has 0 saturated carbocycles. The van der Waals surface area contributed by atoms with E-state index in [0.29, 0.717) is 19.4 Å². The first-order valence-electron chi connectivity index (χ1n) is 12.0. The first kappa shape index (κ1) is 25.6. The van der Waals surface area contributed by atoms with Crippen molar-refractivity contribution in [2.24, 2.45) is 0 Å². The van der Waals surface area contributed by atoms with Gasteiger partial charge in [-0.25, -0.2) is 14.4 Å². The fourth-order valence-corrected chi connectivity index (χ4v) is 4.97. The van der Waals surface area contributed by atoms with Crippen LogP contribution in [0.1, 0.15) is 52.9 Å². The molecule has 0 radical (unpaired) electrons. The molecular weight excluding hydrogens is 428 g/mol. The Labute approximate surface area is 195 Å². The van der Waals surface area contributed by atoms with Crippen molar-refractivity contribution >= 4 is 18.0 Å². The van der Waals surface area contributed by atoms with Gasteiger partial charge >= 0.3 is 12.1 Å². The third-order valence-corrected chi connectivity index (χ3v) is 6.66. The van der Waals surface area contributed by atoms with E-state index >= 15 is 0 Å². The summed E-state index contributed by atoms with van der Waals surface area (Å²) in [6.07, 6.45) is 4.19. The van der Waals surface area contributed by atoms with Gasteiger partial charge in [-0.2, -0.15) is 0 Å². The van der Waals surface area contributed by atoms with E-state index in [1.165, 1.54) is 5.94 Å². The minimum Gasteiger partial charge on any atom is -0.477 e. The number of piperidine rings is 2. The van der Waals surface area contributed by atoms with E-state index in [1.807, 2.05) is 25.7 Å². The number of rotatable bonds is 6. The summed E-state index contributed by atoms with van der Waals surface area (Å²) < 4.78 is 11.8. The molecule has 1 amide bonds. The van der Waals surface area contributed by atoms with Crippen LogP contribution in [-0.4, -0.2) is 108 Å². The number of ether oxygens (including phenoxy) is 2. The van der Waals surface area contributed by atoms with Gasteiger partial charge in [0.15, 0.2) is 0 Å². The van der Waals surface area contributed by atoms with Crippen LogP contribution in [0.2, 0.25) is 0 Å². The number of carboxylic acids is 1. The number of carbonyl (C=O) groups excluding carboxylic acids is 2. The van der Waals surface area contributed by atoms with Gasteiger partial charge in [-0.15, -0.1) is 0 Å². The first-order chi connectivity index (χ1) is 15.6. The molecular formula is C23H38N4O6. The Morgan fingerprint density at radius 3 is 2.33 bits per heavy atom. The summed E-state index contributed by atoms with van der Waals surface area (Å²) in [5, 5.41) is 12.5. The summed E-state index contributed by atoms with van der Waals surface area (Å²) >= 11 is 0. The van der Waals surface area contributed by atoms with Crippen LogP contribution < -0.4 is 5.32 Å². The molecule has 1 unspecified atom stereocenters. The zero-order valence-corrected chi connectivity index (χ0v) is 20.1. The molecule has 1 atom stereocenters. The number of piperazine rings is 1. The smallest absolute Gasteiger partial charge is 0.411 e. The van der Waals surface area contributed by atoms with Crippen molar-refractivity contribution in [3.63, 3.8) is 0 Å². The predicted octanol–water partition coefficient (Wildman–Crippen LogP) is 1.29. The Hall–Kier alpha value is -1.97. The molecule has 10 heteroatoms. The van der Waals surface area contributed by atoms with E-state index < -0.39 is 17.3 Å². The molecule has 3 rings (SSSR count). The van der Waals surface area contributed by atoms with Crippen molar-refractivity contribution in [3.8, 4) is 0 Å². The lowest BCUT2D eigenvalue weighted by Crippen LogP contribution is -2.64. The Bertz CT molecular complexity index is 747. The zero-order chi connectivity index (χ0) is 24.1. The normalized spacial score (nSPS) is 24.7. The second-order valence-electron chi connectivity index (χ2n) is 10.0. The van der Waals surface area contributed by atoms with Crippen LogP contribution in [0.4, 0.5) is 4.79 Å². The number of hydrogen-bond donors (Lipinski definition) is 2. The summed E-state index contributed by atoms with van der Waals surface area (Å²) in [7, 11) is 0. The number of nitrogens with one attached hydrogen (secondary N) is 1. The van der Waals surface area contributed by atoms with Crippen molar-refractivity contribution in [2.45, 2.75) is 70.4 Å². The predicted molar refractivity (Wildman–Crippen MR) is 121 cm³/mol. The van der Waals surface area contributed by atoms with Gasteiger partial charge in [0, 0.05) is 45.6 Å². The van der Waals surface area contributed by atoms with Gasteiger partial charge in [-0.3, -0.25) is 14.7 Å². The third kappa shape index (κ3) is 6.55. The van der Waals surface area contributed by atoms with Crippen LogP contribution in [0.15, 0.2) is 5.57 Å². The molecule has 3 heterocycles. The quantitative estimate of drug-likeness (QED) is 0.442. The Morgan fingerprint density at radius 1 is 1.09 bits per heavy atom. The lowest BCUT2D eigenvalue weighted by Gasteiger charge is -2.51. The Kier molecular flexibility index (Phi) is 8.53. The molecule has 3 saturated heterocycles. The van der Waals surface area contributed by atoms with Crippen molar-refractivity contribution in [1.82, 2.24) is 20.0 Å². The highest BCUT2D eigenvalue weighted by atomic mass is 16.6. The van der Waals surface area contributed by atoms with E-state index in [1.54, 1.807) is 0 Å². The van der Waals surface area contributed by atoms with Crippen LogP contribution in [0.5, 0.6) is 0 Å². The van der Waals surface area contributed by atoms with Crippen LogP contribution in [0, 0.1) is 0 Å². The molecule has 2 N–H and O–H groups in total. The molecule has 0 aliphatic carbocycles. The van der Waals surface area contributed by atoms with E-state index in [9.17, 15) is 14.4 Å². The SMILES string of the molecule is CC(C)(C)OC(=O)N1CCCCC1N1CCN(C2(OCC(=C=O)C(=O)O)CCNCC2)CC1. The van der Waals surface area contributed by atoms with Crippen LogP contribution in [-0.2, 0) is 19.1 Å². The Morgan fingerprint density at radius 2 is 1.76 bits per heavy atom. The van der Waals surface area contributed by atoms with Crippen molar-refractivity contribution in [2.75, 3.05) is 52.4 Å². The number of amides is 1. The molecule has 186 valence electrons. The average Bonchev–Trinajstić information content (AvgIpc) is 2.79. The van der Waals surface area contributed by atoms with Crippen LogP contribution >= 0.6 is 0 Å². The zero-order valence-electron chi connectivity index (χ0n) is 20.1. The van der Waals surface area contributed by atoms with Gasteiger partial charge < -0.3 is 19.9 Å². The number of carbonyl (C=O) groups is 2. The van der Waals surface area contributed by atoms with Crippen molar-refractivity contribution in [3.05, 3.63) is 5.57 Å². The molecule has 0 aromatic rings. The van der Waals surface area contributed by atoms with Gasteiger partial charge in [-0.1, -0.05) is 0 Å². The number of aliphatic carboxylic acids is 1. The van der Waals surface area contributed by atoms with Gasteiger partial charge in [0.2, 0.25) is 0 Å². The number of nitrogens with zero attached hydrogens (tertiary/aromatic N) is 3. The summed E-state index contributed by atoms with van der Waals surface area (Å²) in [4.78, 5) is 41.5. The average molecular weight is 467 g/mol. The molecule has 3 fully saturated rings. The first-order valence-corrected chi connectivity index (χ1v) is 12.0. The number of hydrogen-bond acceptors (Lipinski definition) is 8. The lowest BCUT2D eigenvalue weighted by molar-refractivity contribution is -0.182. The molecule has 0 bridgehead atoms. The molecule has 33 heavy (non-hydrogen) atoms. The molecule has 0 aromatic heterocycles. The standard InChI is InChI=1S/C23H38N4O6/c1-22(2,3)33-21(31)27-11-5-4-6-19(27)25-12-14-26(15-13-25)23(7-9-24-10-8-23)32-17-18(16-28)20(29)30/h19,24H,4-15,17H2,1-3H3,(H,29,30).